The van der Waals surface area contributed by atoms with Crippen LogP contribution >= 0.6 is 22.9 Å². The molecule has 3 rings (SSSR count). The van der Waals surface area contributed by atoms with E-state index in [1.807, 2.05) is 0 Å². The number of anilines is 1. The van der Waals surface area contributed by atoms with Crippen molar-refractivity contribution in [2.24, 2.45) is 5.92 Å². The van der Waals surface area contributed by atoms with E-state index < -0.39 is 0 Å². The van der Waals surface area contributed by atoms with Crippen LogP contribution in [0, 0.1) is 5.92 Å². The number of rotatable bonds is 3. The molecule has 3 nitrogen and oxygen atoms in total. The maximum Gasteiger partial charge on any atom is 0.140 e. The molecule has 5 heteroatoms. The fourth-order valence-electron chi connectivity index (χ4n) is 2.62. The molecular weight excluding hydrogens is 278 g/mol. The van der Waals surface area contributed by atoms with Crippen LogP contribution in [0.4, 0.5) is 5.82 Å². The lowest BCUT2D eigenvalue weighted by Gasteiger charge is -2.32. The van der Waals surface area contributed by atoms with E-state index in [-0.39, 0.29) is 0 Å². The molecule has 1 aliphatic rings. The highest BCUT2D eigenvalue weighted by atomic mass is 35.5. The summed E-state index contributed by atoms with van der Waals surface area (Å²) in [6, 6.07) is 2.25. The van der Waals surface area contributed by atoms with Crippen molar-refractivity contribution in [2.45, 2.75) is 26.2 Å². The number of hydrogen-bond acceptors (Lipinski definition) is 4. The Kier molecular flexibility index (Phi) is 3.89. The van der Waals surface area contributed by atoms with Gasteiger partial charge in [-0.1, -0.05) is 6.92 Å². The molecule has 1 aliphatic heterocycles. The minimum atomic E-state index is 0.670. The van der Waals surface area contributed by atoms with Gasteiger partial charge >= 0.3 is 0 Å². The van der Waals surface area contributed by atoms with Crippen LogP contribution in [0.3, 0.4) is 0 Å². The molecular formula is C14H18ClN3S. The summed E-state index contributed by atoms with van der Waals surface area (Å²) in [5.41, 5.74) is 0. The molecule has 0 bridgehead atoms. The van der Waals surface area contributed by atoms with Gasteiger partial charge in [-0.3, -0.25) is 0 Å². The molecule has 0 radical (unpaired) electrons. The Bertz CT molecular complexity index is 561. The summed E-state index contributed by atoms with van der Waals surface area (Å²) in [5.74, 6) is 2.56. The van der Waals surface area contributed by atoms with Crippen LogP contribution in [0.25, 0.3) is 10.2 Å². The molecule has 0 N–H and O–H groups in total. The van der Waals surface area contributed by atoms with Gasteiger partial charge in [-0.05, 0) is 31.2 Å². The number of hydrogen-bond donors (Lipinski definition) is 0. The van der Waals surface area contributed by atoms with E-state index >= 15 is 0 Å². The monoisotopic (exact) mass is 295 g/mol. The van der Waals surface area contributed by atoms with Crippen molar-refractivity contribution in [1.29, 1.82) is 0 Å². The number of aromatic nitrogens is 2. The molecule has 0 saturated carbocycles. The van der Waals surface area contributed by atoms with Crippen molar-refractivity contribution < 1.29 is 0 Å². The molecule has 0 aromatic carbocycles. The van der Waals surface area contributed by atoms with Gasteiger partial charge in [-0.25, -0.2) is 9.97 Å². The van der Waals surface area contributed by atoms with Crippen LogP contribution in [0.2, 0.25) is 0 Å². The summed E-state index contributed by atoms with van der Waals surface area (Å²) in [6.07, 6.45) is 5.09. The Morgan fingerprint density at radius 2 is 2.16 bits per heavy atom. The normalized spacial score (nSPS) is 17.3. The highest BCUT2D eigenvalue weighted by Crippen LogP contribution is 2.32. The standard InChI is InChI=1S/C14H18ClN3S/c1-2-11-7-12-13(16-9-17-14(12)19-11)18-5-3-10(8-15)4-6-18/h7,9-10H,2-6,8H2,1H3. The maximum absolute atomic E-state index is 5.95. The second kappa shape index (κ2) is 5.63. The van der Waals surface area contributed by atoms with E-state index in [9.17, 15) is 0 Å². The average molecular weight is 296 g/mol. The first-order chi connectivity index (χ1) is 9.31. The number of nitrogens with zero attached hydrogens (tertiary/aromatic N) is 3. The van der Waals surface area contributed by atoms with E-state index in [1.54, 1.807) is 17.7 Å². The highest BCUT2D eigenvalue weighted by molar-refractivity contribution is 7.18. The summed E-state index contributed by atoms with van der Waals surface area (Å²) in [7, 11) is 0. The van der Waals surface area contributed by atoms with Crippen LogP contribution in [0.5, 0.6) is 0 Å². The SMILES string of the molecule is CCc1cc2c(N3CCC(CCl)CC3)ncnc2s1. The number of halogens is 1. The maximum atomic E-state index is 5.95. The summed E-state index contributed by atoms with van der Waals surface area (Å²) < 4.78 is 0. The van der Waals surface area contributed by atoms with Crippen molar-refractivity contribution in [3.05, 3.63) is 17.3 Å². The minimum Gasteiger partial charge on any atom is -0.356 e. The van der Waals surface area contributed by atoms with Gasteiger partial charge < -0.3 is 4.90 Å². The first kappa shape index (κ1) is 13.1. The third-order valence-corrected chi connectivity index (χ3v) is 5.46. The lowest BCUT2D eigenvalue weighted by Crippen LogP contribution is -2.34. The highest BCUT2D eigenvalue weighted by Gasteiger charge is 2.21. The summed E-state index contributed by atoms with van der Waals surface area (Å²) in [6.45, 7) is 4.30. The third kappa shape index (κ3) is 2.56. The molecule has 2 aromatic rings. The smallest absolute Gasteiger partial charge is 0.140 e. The summed E-state index contributed by atoms with van der Waals surface area (Å²) in [4.78, 5) is 13.8. The zero-order chi connectivity index (χ0) is 13.2. The zero-order valence-corrected chi connectivity index (χ0v) is 12.7. The predicted molar refractivity (Wildman–Crippen MR) is 82.5 cm³/mol. The van der Waals surface area contributed by atoms with Crippen LogP contribution in [-0.4, -0.2) is 28.9 Å². The van der Waals surface area contributed by atoms with Crippen molar-refractivity contribution in [1.82, 2.24) is 9.97 Å². The summed E-state index contributed by atoms with van der Waals surface area (Å²) in [5, 5.41) is 1.22. The van der Waals surface area contributed by atoms with Gasteiger partial charge in [0.15, 0.2) is 0 Å². The molecule has 19 heavy (non-hydrogen) atoms. The van der Waals surface area contributed by atoms with Crippen LogP contribution in [0.1, 0.15) is 24.6 Å². The lowest BCUT2D eigenvalue weighted by molar-refractivity contribution is 0.441. The van der Waals surface area contributed by atoms with Crippen LogP contribution in [-0.2, 0) is 6.42 Å². The average Bonchev–Trinajstić information content (AvgIpc) is 2.90. The van der Waals surface area contributed by atoms with Gasteiger partial charge in [0.05, 0.1) is 5.39 Å². The zero-order valence-electron chi connectivity index (χ0n) is 11.1. The van der Waals surface area contributed by atoms with Crippen molar-refractivity contribution in [3.63, 3.8) is 0 Å². The second-order valence-corrected chi connectivity index (χ2v) is 6.49. The summed E-state index contributed by atoms with van der Waals surface area (Å²) >= 11 is 7.73. The molecule has 0 unspecified atom stereocenters. The Balaban J connectivity index is 1.90. The molecule has 0 aliphatic carbocycles. The Morgan fingerprint density at radius 3 is 2.84 bits per heavy atom. The molecule has 2 aromatic heterocycles. The van der Waals surface area contributed by atoms with Crippen LogP contribution in [0.15, 0.2) is 12.4 Å². The Hall–Kier alpha value is -0.870. The number of piperidine rings is 1. The second-order valence-electron chi connectivity index (χ2n) is 5.07. The van der Waals surface area contributed by atoms with Gasteiger partial charge in [-0.2, -0.15) is 0 Å². The fraction of sp³-hybridized carbons (Fsp3) is 0.571. The van der Waals surface area contributed by atoms with Crippen molar-refractivity contribution in [2.75, 3.05) is 23.9 Å². The van der Waals surface area contributed by atoms with Crippen molar-refractivity contribution >= 4 is 39.0 Å². The van der Waals surface area contributed by atoms with Gasteiger partial charge in [0.1, 0.15) is 17.0 Å². The first-order valence-corrected chi connectivity index (χ1v) is 8.21. The van der Waals surface area contributed by atoms with Crippen LogP contribution < -0.4 is 4.90 Å². The Labute approximate surface area is 122 Å². The van der Waals surface area contributed by atoms with Gasteiger partial charge in [0.25, 0.3) is 0 Å². The van der Waals surface area contributed by atoms with E-state index in [0.717, 1.165) is 36.0 Å². The molecule has 102 valence electrons. The van der Waals surface area contributed by atoms with Gasteiger partial charge in [-0.15, -0.1) is 22.9 Å². The number of thiophene rings is 1. The van der Waals surface area contributed by atoms with Gasteiger partial charge in [0, 0.05) is 23.8 Å². The largest absolute Gasteiger partial charge is 0.356 e. The number of alkyl halides is 1. The fourth-order valence-corrected chi connectivity index (χ4v) is 3.86. The first-order valence-electron chi connectivity index (χ1n) is 6.86. The van der Waals surface area contributed by atoms with E-state index in [4.69, 9.17) is 11.6 Å². The van der Waals surface area contributed by atoms with Gasteiger partial charge in [0.2, 0.25) is 0 Å². The number of aryl methyl sites for hydroxylation is 1. The predicted octanol–water partition coefficient (Wildman–Crippen LogP) is 3.71. The quantitative estimate of drug-likeness (QED) is 0.808. The molecule has 3 heterocycles. The third-order valence-electron chi connectivity index (χ3n) is 3.84. The molecule has 0 amide bonds. The minimum absolute atomic E-state index is 0.670. The Morgan fingerprint density at radius 1 is 1.37 bits per heavy atom. The number of fused-ring (bicyclic) bond motifs is 1. The molecule has 1 saturated heterocycles. The van der Waals surface area contributed by atoms with Crippen molar-refractivity contribution in [3.8, 4) is 0 Å². The van der Waals surface area contributed by atoms with E-state index in [2.05, 4.69) is 27.9 Å². The molecule has 0 atom stereocenters. The molecule has 0 spiro atoms. The lowest BCUT2D eigenvalue weighted by atomic mass is 9.99. The molecule has 1 fully saturated rings. The topological polar surface area (TPSA) is 29.0 Å². The van der Waals surface area contributed by atoms with E-state index in [1.165, 1.54) is 23.1 Å². The van der Waals surface area contributed by atoms with E-state index in [0.29, 0.717) is 5.92 Å².